The fraction of sp³-hybridized carbons (Fsp3) is 0.500. The summed E-state index contributed by atoms with van der Waals surface area (Å²) in [6.07, 6.45) is 2.27. The van der Waals surface area contributed by atoms with E-state index in [2.05, 4.69) is 10.3 Å². The summed E-state index contributed by atoms with van der Waals surface area (Å²) in [5, 5.41) is 13.5. The van der Waals surface area contributed by atoms with Gasteiger partial charge in [0.15, 0.2) is 5.13 Å². The van der Waals surface area contributed by atoms with Gasteiger partial charge in [0.25, 0.3) is 10.1 Å². The Bertz CT molecular complexity index is 723. The lowest BCUT2D eigenvalue weighted by Gasteiger charge is -2.18. The van der Waals surface area contributed by atoms with Crippen molar-refractivity contribution in [1.29, 1.82) is 0 Å². The number of nitrogens with one attached hydrogen (secondary N) is 1. The quantitative estimate of drug-likeness (QED) is 0.522. The zero-order valence-corrected chi connectivity index (χ0v) is 16.2. The zero-order chi connectivity index (χ0) is 19.8. The molecule has 1 aromatic rings. The Labute approximate surface area is 150 Å². The van der Waals surface area contributed by atoms with E-state index in [-0.39, 0.29) is 5.57 Å². The second kappa shape index (κ2) is 9.49. The van der Waals surface area contributed by atoms with Gasteiger partial charge in [0.05, 0.1) is 17.5 Å². The third-order valence-corrected chi connectivity index (χ3v) is 2.78. The van der Waals surface area contributed by atoms with Gasteiger partial charge in [-0.25, -0.2) is 14.6 Å². The van der Waals surface area contributed by atoms with Crippen LogP contribution in [0.25, 0.3) is 5.57 Å². The molecule has 1 rings (SSSR count). The molecule has 11 heteroatoms. The van der Waals surface area contributed by atoms with E-state index in [9.17, 15) is 18.0 Å². The highest BCUT2D eigenvalue weighted by Crippen LogP contribution is 2.23. The topological polar surface area (TPSA) is 143 Å². The lowest BCUT2D eigenvalue weighted by molar-refractivity contribution is -0.130. The molecule has 0 aliphatic heterocycles. The van der Waals surface area contributed by atoms with Crippen molar-refractivity contribution < 1.29 is 32.4 Å². The SMILES string of the molecule is CC/C=C(\C(=O)O)c1csc(NC(=O)OC(C)(C)C)n1.CS(=O)(=O)O. The average molecular weight is 394 g/mol. The number of anilines is 1. The fourth-order valence-corrected chi connectivity index (χ4v) is 2.05. The van der Waals surface area contributed by atoms with Crippen LogP contribution in [0.1, 0.15) is 39.8 Å². The molecule has 0 atom stereocenters. The third kappa shape index (κ3) is 12.1. The molecule has 0 spiro atoms. The molecule has 0 unspecified atom stereocenters. The van der Waals surface area contributed by atoms with Crippen molar-refractivity contribution in [2.75, 3.05) is 11.6 Å². The number of carbonyl (C=O) groups excluding carboxylic acids is 1. The summed E-state index contributed by atoms with van der Waals surface area (Å²) >= 11 is 1.15. The van der Waals surface area contributed by atoms with E-state index in [1.807, 2.05) is 6.92 Å². The van der Waals surface area contributed by atoms with Crippen LogP contribution in [0.2, 0.25) is 0 Å². The Hall–Kier alpha value is -1.98. The maximum Gasteiger partial charge on any atom is 0.413 e. The van der Waals surface area contributed by atoms with Crippen LogP contribution in [0.15, 0.2) is 11.5 Å². The van der Waals surface area contributed by atoms with Crippen LogP contribution in [-0.4, -0.2) is 47.0 Å². The number of nitrogens with zero attached hydrogens (tertiary/aromatic N) is 1. The number of aromatic nitrogens is 1. The zero-order valence-electron chi connectivity index (χ0n) is 14.6. The maximum atomic E-state index is 11.6. The minimum absolute atomic E-state index is 0.126. The van der Waals surface area contributed by atoms with Crippen LogP contribution in [0.3, 0.4) is 0 Å². The van der Waals surface area contributed by atoms with Gasteiger partial charge in [-0.15, -0.1) is 11.3 Å². The molecule has 0 fully saturated rings. The summed E-state index contributed by atoms with van der Waals surface area (Å²) in [4.78, 5) is 26.7. The molecule has 0 aromatic carbocycles. The van der Waals surface area contributed by atoms with E-state index >= 15 is 0 Å². The molecule has 0 bridgehead atoms. The molecular formula is C14H22N2O7S2. The highest BCUT2D eigenvalue weighted by atomic mass is 32.2. The van der Waals surface area contributed by atoms with Gasteiger partial charge < -0.3 is 9.84 Å². The van der Waals surface area contributed by atoms with Crippen LogP contribution < -0.4 is 5.32 Å². The van der Waals surface area contributed by atoms with Crippen molar-refractivity contribution >= 4 is 44.2 Å². The molecule has 142 valence electrons. The van der Waals surface area contributed by atoms with Crippen LogP contribution in [0.4, 0.5) is 9.93 Å². The summed E-state index contributed by atoms with van der Waals surface area (Å²) in [5.41, 5.74) is -0.144. The van der Waals surface area contributed by atoms with E-state index in [4.69, 9.17) is 14.4 Å². The van der Waals surface area contributed by atoms with E-state index < -0.39 is 27.8 Å². The summed E-state index contributed by atoms with van der Waals surface area (Å²) in [5.74, 6) is -1.04. The van der Waals surface area contributed by atoms with Gasteiger partial charge in [0, 0.05) is 5.38 Å². The summed E-state index contributed by atoms with van der Waals surface area (Å²) in [6, 6.07) is 0. The van der Waals surface area contributed by atoms with Crippen molar-refractivity contribution in [3.8, 4) is 0 Å². The molecule has 0 saturated carbocycles. The summed E-state index contributed by atoms with van der Waals surface area (Å²) in [6.45, 7) is 7.11. The van der Waals surface area contributed by atoms with E-state index in [0.717, 1.165) is 11.3 Å². The van der Waals surface area contributed by atoms with Gasteiger partial charge in [-0.1, -0.05) is 13.0 Å². The van der Waals surface area contributed by atoms with Crippen molar-refractivity contribution in [1.82, 2.24) is 4.98 Å². The highest BCUT2D eigenvalue weighted by Gasteiger charge is 2.18. The van der Waals surface area contributed by atoms with Crippen molar-refractivity contribution in [2.24, 2.45) is 0 Å². The first-order valence-electron chi connectivity index (χ1n) is 7.04. The Morgan fingerprint density at radius 2 is 1.92 bits per heavy atom. The normalized spacial score (nSPS) is 12.0. The molecule has 1 aromatic heterocycles. The predicted octanol–water partition coefficient (Wildman–Crippen LogP) is 2.87. The maximum absolute atomic E-state index is 11.6. The number of aliphatic carboxylic acids is 1. The Morgan fingerprint density at radius 1 is 1.40 bits per heavy atom. The minimum Gasteiger partial charge on any atom is -0.478 e. The van der Waals surface area contributed by atoms with Gasteiger partial charge in [-0.3, -0.25) is 9.87 Å². The van der Waals surface area contributed by atoms with Gasteiger partial charge in [0.2, 0.25) is 0 Å². The molecule has 1 amide bonds. The lowest BCUT2D eigenvalue weighted by Crippen LogP contribution is -2.27. The number of carboxylic acid groups (broad SMARTS) is 1. The largest absolute Gasteiger partial charge is 0.478 e. The number of thiazole rings is 1. The van der Waals surface area contributed by atoms with Gasteiger partial charge in [-0.05, 0) is 27.2 Å². The van der Waals surface area contributed by atoms with Crippen LogP contribution in [0.5, 0.6) is 0 Å². The third-order valence-electron chi connectivity index (χ3n) is 2.03. The van der Waals surface area contributed by atoms with E-state index in [1.165, 1.54) is 0 Å². The Balaban J connectivity index is 0.00000101. The number of hydrogen-bond acceptors (Lipinski definition) is 7. The minimum atomic E-state index is -3.67. The van der Waals surface area contributed by atoms with Gasteiger partial charge >= 0.3 is 12.1 Å². The van der Waals surface area contributed by atoms with E-state index in [0.29, 0.717) is 23.5 Å². The number of hydrogen-bond donors (Lipinski definition) is 3. The molecular weight excluding hydrogens is 372 g/mol. The monoisotopic (exact) mass is 394 g/mol. The molecule has 25 heavy (non-hydrogen) atoms. The number of ether oxygens (including phenoxy) is 1. The van der Waals surface area contributed by atoms with Gasteiger partial charge in [0.1, 0.15) is 5.60 Å². The first-order chi connectivity index (χ1) is 11.2. The molecule has 0 aliphatic carbocycles. The second-order valence-electron chi connectivity index (χ2n) is 5.73. The molecule has 9 nitrogen and oxygen atoms in total. The highest BCUT2D eigenvalue weighted by molar-refractivity contribution is 7.85. The number of carboxylic acids is 1. The number of carbonyl (C=O) groups is 2. The number of amides is 1. The first-order valence-corrected chi connectivity index (χ1v) is 9.77. The molecule has 3 N–H and O–H groups in total. The first kappa shape index (κ1) is 23.0. The fourth-order valence-electron chi connectivity index (χ4n) is 1.35. The summed E-state index contributed by atoms with van der Waals surface area (Å²) < 4.78 is 31.0. The van der Waals surface area contributed by atoms with E-state index in [1.54, 1.807) is 32.2 Å². The van der Waals surface area contributed by atoms with Crippen molar-refractivity contribution in [3.63, 3.8) is 0 Å². The van der Waals surface area contributed by atoms with Crippen LogP contribution >= 0.6 is 11.3 Å². The van der Waals surface area contributed by atoms with Crippen LogP contribution in [-0.2, 0) is 19.6 Å². The number of allylic oxidation sites excluding steroid dienone is 1. The standard InChI is InChI=1S/C13H18N2O4S.CH4O3S/c1-5-6-8(10(16)17)9-7-20-11(14-9)15-12(18)19-13(2,3)4;1-5(2,3)4/h6-7H,5H2,1-4H3,(H,16,17)(H,14,15,18);1H3,(H,2,3,4)/b8-6-;. The average Bonchev–Trinajstić information content (AvgIpc) is 2.78. The predicted molar refractivity (Wildman–Crippen MR) is 95.3 cm³/mol. The Morgan fingerprint density at radius 3 is 2.32 bits per heavy atom. The smallest absolute Gasteiger partial charge is 0.413 e. The Kier molecular flexibility index (Phi) is 8.74. The number of rotatable bonds is 4. The summed E-state index contributed by atoms with van der Waals surface area (Å²) in [7, 11) is -3.67. The lowest BCUT2D eigenvalue weighted by atomic mass is 10.2. The van der Waals surface area contributed by atoms with Crippen LogP contribution in [0, 0.1) is 0 Å². The molecule has 0 radical (unpaired) electrons. The second-order valence-corrected chi connectivity index (χ2v) is 8.05. The molecule has 1 heterocycles. The molecule has 0 saturated heterocycles. The van der Waals surface area contributed by atoms with Crippen molar-refractivity contribution in [3.05, 3.63) is 17.2 Å². The van der Waals surface area contributed by atoms with Gasteiger partial charge in [-0.2, -0.15) is 8.42 Å². The molecule has 0 aliphatic rings. The van der Waals surface area contributed by atoms with Crippen molar-refractivity contribution in [2.45, 2.75) is 39.7 Å².